The Morgan fingerprint density at radius 3 is 2.65 bits per heavy atom. The smallest absolute Gasteiger partial charge is 0.258 e. The molecule has 6 nitrogen and oxygen atoms in total. The highest BCUT2D eigenvalue weighted by Gasteiger charge is 2.22. The molecule has 3 heterocycles. The van der Waals surface area contributed by atoms with Crippen molar-refractivity contribution >= 4 is 11.3 Å². The van der Waals surface area contributed by atoms with Crippen molar-refractivity contribution in [2.24, 2.45) is 0 Å². The largest absolute Gasteiger partial charge is 0.506 e. The van der Waals surface area contributed by atoms with Crippen molar-refractivity contribution in [3.63, 3.8) is 0 Å². The van der Waals surface area contributed by atoms with Crippen LogP contribution in [0.5, 0.6) is 5.75 Å². The standard InChI is InChI=1S/C20H22N4O2/c1-15-5-4-8-19-21-16(13-20(26)24(15)19)14-22-9-11-23(12-10-22)17-6-2-3-7-18(17)25/h2-8,13,25H,9-12,14H2,1H3/p+1. The molecular weight excluding hydrogens is 328 g/mol. The lowest BCUT2D eigenvalue weighted by Crippen LogP contribution is -3.13. The molecule has 0 atom stereocenters. The molecule has 0 radical (unpaired) electrons. The highest BCUT2D eigenvalue weighted by atomic mass is 16.3. The number of anilines is 1. The maximum absolute atomic E-state index is 12.4. The number of aromatic hydroxyl groups is 1. The number of benzene rings is 1. The molecule has 1 fully saturated rings. The summed E-state index contributed by atoms with van der Waals surface area (Å²) in [6.07, 6.45) is 0. The van der Waals surface area contributed by atoms with Crippen LogP contribution in [-0.2, 0) is 6.54 Å². The van der Waals surface area contributed by atoms with E-state index in [1.165, 1.54) is 4.90 Å². The van der Waals surface area contributed by atoms with Crippen molar-refractivity contribution in [2.45, 2.75) is 13.5 Å². The Hall–Kier alpha value is -2.86. The van der Waals surface area contributed by atoms with Gasteiger partial charge in [-0.2, -0.15) is 0 Å². The molecule has 0 bridgehead atoms. The summed E-state index contributed by atoms with van der Waals surface area (Å²) in [5, 5.41) is 10.0. The lowest BCUT2D eigenvalue weighted by atomic mass is 10.2. The number of pyridine rings is 1. The minimum absolute atomic E-state index is 0.0182. The summed E-state index contributed by atoms with van der Waals surface area (Å²) in [5.41, 5.74) is 3.32. The van der Waals surface area contributed by atoms with E-state index in [4.69, 9.17) is 0 Å². The first kappa shape index (κ1) is 16.6. The van der Waals surface area contributed by atoms with Crippen LogP contribution in [0.15, 0.2) is 53.3 Å². The molecule has 2 aromatic heterocycles. The molecule has 0 spiro atoms. The summed E-state index contributed by atoms with van der Waals surface area (Å²) in [4.78, 5) is 20.7. The number of phenolic OH excluding ortho intramolecular Hbond substituents is 1. The lowest BCUT2D eigenvalue weighted by molar-refractivity contribution is -0.914. The molecule has 1 aliphatic rings. The first-order valence-electron chi connectivity index (χ1n) is 8.96. The van der Waals surface area contributed by atoms with Gasteiger partial charge in [-0.3, -0.25) is 9.20 Å². The molecule has 0 saturated carbocycles. The van der Waals surface area contributed by atoms with Crippen LogP contribution in [0.2, 0.25) is 0 Å². The zero-order valence-electron chi connectivity index (χ0n) is 14.9. The minimum Gasteiger partial charge on any atom is -0.506 e. The molecule has 1 aromatic carbocycles. The molecule has 26 heavy (non-hydrogen) atoms. The Morgan fingerprint density at radius 2 is 1.88 bits per heavy atom. The predicted molar refractivity (Wildman–Crippen MR) is 101 cm³/mol. The van der Waals surface area contributed by atoms with Crippen molar-refractivity contribution in [1.82, 2.24) is 9.38 Å². The van der Waals surface area contributed by atoms with Gasteiger partial charge >= 0.3 is 0 Å². The second-order valence-corrected chi connectivity index (χ2v) is 6.85. The van der Waals surface area contributed by atoms with Crippen LogP contribution in [0.3, 0.4) is 0 Å². The summed E-state index contributed by atoms with van der Waals surface area (Å²) in [6.45, 7) is 6.30. The van der Waals surface area contributed by atoms with Crippen molar-refractivity contribution in [3.8, 4) is 5.75 Å². The van der Waals surface area contributed by atoms with Crippen LogP contribution in [-0.4, -0.2) is 40.7 Å². The van der Waals surface area contributed by atoms with E-state index in [1.54, 1.807) is 16.5 Å². The van der Waals surface area contributed by atoms with E-state index in [1.807, 2.05) is 43.3 Å². The number of para-hydroxylation sites is 2. The molecule has 3 aromatic rings. The molecule has 0 unspecified atom stereocenters. The van der Waals surface area contributed by atoms with Gasteiger partial charge in [0, 0.05) is 11.8 Å². The van der Waals surface area contributed by atoms with E-state index in [-0.39, 0.29) is 5.56 Å². The average Bonchev–Trinajstić information content (AvgIpc) is 2.63. The summed E-state index contributed by atoms with van der Waals surface area (Å²) in [5.74, 6) is 0.329. The van der Waals surface area contributed by atoms with Crippen molar-refractivity contribution in [2.75, 3.05) is 31.1 Å². The van der Waals surface area contributed by atoms with Gasteiger partial charge in [-0.15, -0.1) is 0 Å². The van der Waals surface area contributed by atoms with Gasteiger partial charge in [-0.1, -0.05) is 18.2 Å². The number of hydrogen-bond acceptors (Lipinski definition) is 4. The van der Waals surface area contributed by atoms with E-state index >= 15 is 0 Å². The number of hydrogen-bond donors (Lipinski definition) is 2. The molecule has 1 aliphatic heterocycles. The quantitative estimate of drug-likeness (QED) is 0.726. The van der Waals surface area contributed by atoms with Gasteiger partial charge in [-0.05, 0) is 31.2 Å². The second kappa shape index (κ2) is 6.80. The van der Waals surface area contributed by atoms with Crippen molar-refractivity contribution in [1.29, 1.82) is 0 Å². The number of nitrogens with zero attached hydrogens (tertiary/aromatic N) is 3. The van der Waals surface area contributed by atoms with Crippen LogP contribution in [0, 0.1) is 6.92 Å². The predicted octanol–water partition coefficient (Wildman–Crippen LogP) is 0.614. The zero-order valence-corrected chi connectivity index (χ0v) is 14.9. The van der Waals surface area contributed by atoms with Crippen molar-refractivity contribution < 1.29 is 10.0 Å². The summed E-state index contributed by atoms with van der Waals surface area (Å²) in [6, 6.07) is 14.8. The first-order valence-corrected chi connectivity index (χ1v) is 8.96. The third-order valence-corrected chi connectivity index (χ3v) is 5.06. The summed E-state index contributed by atoms with van der Waals surface area (Å²) in [7, 11) is 0. The number of aromatic nitrogens is 2. The molecule has 0 aliphatic carbocycles. The van der Waals surface area contributed by atoms with E-state index < -0.39 is 0 Å². The highest BCUT2D eigenvalue weighted by Crippen LogP contribution is 2.25. The van der Waals surface area contributed by atoms with Gasteiger partial charge in [0.15, 0.2) is 0 Å². The van der Waals surface area contributed by atoms with Crippen LogP contribution in [0.25, 0.3) is 5.65 Å². The Morgan fingerprint density at radius 1 is 1.12 bits per heavy atom. The van der Waals surface area contributed by atoms with E-state index in [2.05, 4.69) is 9.88 Å². The molecule has 0 amide bonds. The zero-order chi connectivity index (χ0) is 18.1. The highest BCUT2D eigenvalue weighted by molar-refractivity contribution is 5.57. The third-order valence-electron chi connectivity index (χ3n) is 5.06. The average molecular weight is 351 g/mol. The minimum atomic E-state index is -0.0182. The first-order chi connectivity index (χ1) is 12.6. The molecule has 2 N–H and O–H groups in total. The van der Waals surface area contributed by atoms with Crippen LogP contribution < -0.4 is 15.4 Å². The molecule has 134 valence electrons. The maximum Gasteiger partial charge on any atom is 0.258 e. The van der Waals surface area contributed by atoms with Gasteiger partial charge in [0.25, 0.3) is 5.56 Å². The Labute approximate surface area is 151 Å². The van der Waals surface area contributed by atoms with Crippen LogP contribution in [0.1, 0.15) is 11.4 Å². The molecular formula is C20H23N4O2+. The fraction of sp³-hybridized carbons (Fsp3) is 0.300. The van der Waals surface area contributed by atoms with Gasteiger partial charge < -0.3 is 14.9 Å². The third kappa shape index (κ3) is 3.15. The fourth-order valence-corrected chi connectivity index (χ4v) is 3.68. The van der Waals surface area contributed by atoms with Gasteiger partial charge in [0.05, 0.1) is 31.9 Å². The Kier molecular flexibility index (Phi) is 4.34. The topological polar surface area (TPSA) is 62.3 Å². The van der Waals surface area contributed by atoms with E-state index in [0.29, 0.717) is 11.4 Å². The number of aryl methyl sites for hydroxylation is 1. The normalized spacial score (nSPS) is 15.5. The summed E-state index contributed by atoms with van der Waals surface area (Å²) < 4.78 is 1.65. The maximum atomic E-state index is 12.4. The number of rotatable bonds is 3. The van der Waals surface area contributed by atoms with Gasteiger partial charge in [0.2, 0.25) is 0 Å². The molecule has 6 heteroatoms. The number of nitrogens with one attached hydrogen (secondary N) is 1. The Balaban J connectivity index is 1.47. The monoisotopic (exact) mass is 351 g/mol. The van der Waals surface area contributed by atoms with Gasteiger partial charge in [-0.25, -0.2) is 4.98 Å². The van der Waals surface area contributed by atoms with E-state index in [9.17, 15) is 9.90 Å². The lowest BCUT2D eigenvalue weighted by Gasteiger charge is -2.33. The summed E-state index contributed by atoms with van der Waals surface area (Å²) >= 11 is 0. The number of phenols is 1. The Bertz CT molecular complexity index is 991. The van der Waals surface area contributed by atoms with Gasteiger partial charge in [0.1, 0.15) is 23.6 Å². The second-order valence-electron chi connectivity index (χ2n) is 6.85. The van der Waals surface area contributed by atoms with Crippen LogP contribution in [0.4, 0.5) is 5.69 Å². The molecule has 1 saturated heterocycles. The fourth-order valence-electron chi connectivity index (χ4n) is 3.68. The number of piperazine rings is 1. The van der Waals surface area contributed by atoms with Crippen LogP contribution >= 0.6 is 0 Å². The molecule has 4 rings (SSSR count). The number of quaternary nitrogens is 1. The number of fused-ring (bicyclic) bond motifs is 1. The van der Waals surface area contributed by atoms with Crippen molar-refractivity contribution in [3.05, 3.63) is 70.3 Å². The SMILES string of the molecule is Cc1cccc2nc(C[NH+]3CCN(c4ccccc4O)CC3)cc(=O)n12. The van der Waals surface area contributed by atoms with E-state index in [0.717, 1.165) is 49.8 Å².